The Morgan fingerprint density at radius 3 is 2.76 bits per heavy atom. The van der Waals surface area contributed by atoms with E-state index < -0.39 is 17.7 Å². The third kappa shape index (κ3) is 5.34. The van der Waals surface area contributed by atoms with E-state index in [1.54, 1.807) is 18.2 Å². The van der Waals surface area contributed by atoms with Gasteiger partial charge in [-0.25, -0.2) is 14.2 Å². The Labute approximate surface area is 198 Å². The van der Waals surface area contributed by atoms with E-state index in [2.05, 4.69) is 22.3 Å². The number of fused-ring (bicyclic) bond motifs is 1. The lowest BCUT2D eigenvalue weighted by atomic mass is 10.1. The fourth-order valence-electron chi connectivity index (χ4n) is 3.19. The second kappa shape index (κ2) is 10.3. The molecular formula is C24H21FN4O4S. The number of nitrogens with one attached hydrogen (secondary N) is 1. The highest BCUT2D eigenvalue weighted by Gasteiger charge is 2.14. The van der Waals surface area contributed by atoms with Gasteiger partial charge < -0.3 is 10.1 Å². The molecule has 10 heteroatoms. The minimum absolute atomic E-state index is 0.107. The molecule has 0 aliphatic heterocycles. The fourth-order valence-corrected chi connectivity index (χ4v) is 4.15. The first-order valence-corrected chi connectivity index (χ1v) is 11.5. The van der Waals surface area contributed by atoms with Gasteiger partial charge in [-0.15, -0.1) is 0 Å². The van der Waals surface area contributed by atoms with E-state index in [-0.39, 0.29) is 23.3 Å². The molecule has 0 fully saturated rings. The monoisotopic (exact) mass is 480 g/mol. The van der Waals surface area contributed by atoms with Crippen molar-refractivity contribution in [3.63, 3.8) is 0 Å². The number of halogens is 1. The number of carbonyl (C=O) groups excluding carboxylic acids is 2. The fraction of sp³-hybridized carbons (Fsp3) is 0.208. The van der Waals surface area contributed by atoms with Crippen LogP contribution in [0.4, 0.5) is 10.1 Å². The summed E-state index contributed by atoms with van der Waals surface area (Å²) in [5.41, 5.74) is 0.360. The van der Waals surface area contributed by atoms with Crippen LogP contribution < -0.4 is 10.9 Å². The Morgan fingerprint density at radius 2 is 1.97 bits per heavy atom. The number of aryl methyl sites for hydroxylation is 1. The third-order valence-corrected chi connectivity index (χ3v) is 5.88. The summed E-state index contributed by atoms with van der Waals surface area (Å²) in [6.07, 6.45) is 2.77. The van der Waals surface area contributed by atoms with Crippen molar-refractivity contribution in [1.29, 1.82) is 0 Å². The number of carbonyl (C=O) groups is 2. The zero-order valence-electron chi connectivity index (χ0n) is 18.3. The molecule has 34 heavy (non-hydrogen) atoms. The highest BCUT2D eigenvalue weighted by atomic mass is 32.1. The summed E-state index contributed by atoms with van der Waals surface area (Å²) in [5.74, 6) is -1.93. The van der Waals surface area contributed by atoms with E-state index in [9.17, 15) is 18.8 Å². The molecule has 0 spiro atoms. The molecule has 0 saturated heterocycles. The number of anilines is 1. The Balaban J connectivity index is 1.43. The predicted molar refractivity (Wildman–Crippen MR) is 126 cm³/mol. The largest absolute Gasteiger partial charge is 0.456 e. The van der Waals surface area contributed by atoms with Crippen molar-refractivity contribution in [2.75, 3.05) is 5.32 Å². The molecule has 0 aliphatic rings. The summed E-state index contributed by atoms with van der Waals surface area (Å²) >= 11 is 1.34. The number of unbranched alkanes of at least 4 members (excludes halogenated alkanes) is 1. The van der Waals surface area contributed by atoms with Crippen molar-refractivity contribution in [2.24, 2.45) is 0 Å². The molecule has 0 aliphatic carbocycles. The number of hydrogen-bond acceptors (Lipinski definition) is 7. The van der Waals surface area contributed by atoms with Crippen LogP contribution in [0.2, 0.25) is 0 Å². The molecule has 8 nitrogen and oxygen atoms in total. The molecule has 1 N–H and O–H groups in total. The zero-order chi connectivity index (χ0) is 24.1. The summed E-state index contributed by atoms with van der Waals surface area (Å²) in [5, 5.41) is 7.68. The van der Waals surface area contributed by atoms with Crippen molar-refractivity contribution >= 4 is 33.9 Å². The topological polar surface area (TPSA) is 103 Å². The van der Waals surface area contributed by atoms with Crippen LogP contribution in [-0.4, -0.2) is 26.5 Å². The van der Waals surface area contributed by atoms with Gasteiger partial charge in [0.15, 0.2) is 0 Å². The minimum Gasteiger partial charge on any atom is -0.456 e. The summed E-state index contributed by atoms with van der Waals surface area (Å²) < 4.78 is 20.4. The van der Waals surface area contributed by atoms with Gasteiger partial charge in [-0.2, -0.15) is 9.61 Å². The predicted octanol–water partition coefficient (Wildman–Crippen LogP) is 4.24. The molecular weight excluding hydrogens is 459 g/mol. The van der Waals surface area contributed by atoms with Crippen LogP contribution in [0.15, 0.2) is 59.4 Å². The van der Waals surface area contributed by atoms with Gasteiger partial charge in [0, 0.05) is 18.2 Å². The molecule has 0 radical (unpaired) electrons. The molecule has 2 heterocycles. The minimum atomic E-state index is -0.656. The van der Waals surface area contributed by atoms with E-state index in [0.29, 0.717) is 16.3 Å². The quantitative estimate of drug-likeness (QED) is 0.379. The van der Waals surface area contributed by atoms with Gasteiger partial charge in [0.25, 0.3) is 11.5 Å². The molecule has 0 atom stereocenters. The molecule has 174 valence electrons. The van der Waals surface area contributed by atoms with Gasteiger partial charge in [-0.05, 0) is 36.8 Å². The Kier molecular flexibility index (Phi) is 7.07. The number of ether oxygens (including phenoxy) is 1. The smallest absolute Gasteiger partial charge is 0.338 e. The summed E-state index contributed by atoms with van der Waals surface area (Å²) in [6.45, 7) is 1.88. The highest BCUT2D eigenvalue weighted by Crippen LogP contribution is 2.17. The molecule has 0 unspecified atom stereocenters. The molecule has 2 aromatic heterocycles. The van der Waals surface area contributed by atoms with Crippen molar-refractivity contribution in [1.82, 2.24) is 14.6 Å². The van der Waals surface area contributed by atoms with Gasteiger partial charge in [-0.1, -0.05) is 42.9 Å². The number of nitrogens with zero attached hydrogens (tertiary/aromatic N) is 3. The maximum absolute atomic E-state index is 13.8. The normalized spacial score (nSPS) is 10.9. The summed E-state index contributed by atoms with van der Waals surface area (Å²) in [6, 6.07) is 13.0. The van der Waals surface area contributed by atoms with Gasteiger partial charge in [-0.3, -0.25) is 9.59 Å². The average molecular weight is 481 g/mol. The van der Waals surface area contributed by atoms with Crippen LogP contribution in [-0.2, 0) is 17.8 Å². The van der Waals surface area contributed by atoms with Gasteiger partial charge in [0.2, 0.25) is 4.96 Å². The van der Waals surface area contributed by atoms with Crippen LogP contribution in [0.25, 0.3) is 4.96 Å². The van der Waals surface area contributed by atoms with Crippen LogP contribution in [0.5, 0.6) is 0 Å². The van der Waals surface area contributed by atoms with E-state index in [1.165, 1.54) is 52.3 Å². The second-order valence-corrected chi connectivity index (χ2v) is 8.51. The van der Waals surface area contributed by atoms with Crippen molar-refractivity contribution < 1.29 is 18.7 Å². The van der Waals surface area contributed by atoms with Crippen LogP contribution in [0.3, 0.4) is 0 Å². The standard InChI is InChI=1S/C24H21FN4O4S/c1-2-3-11-20-28-29-21(30)13-17(27-24(29)34-20)14-33-23(32)15-7-6-8-16(12-15)26-22(31)18-9-4-5-10-19(18)25/h4-10,12-13H,2-3,11,14H2,1H3,(H,26,31). The summed E-state index contributed by atoms with van der Waals surface area (Å²) in [7, 11) is 0. The lowest BCUT2D eigenvalue weighted by molar-refractivity contribution is 0.0467. The molecule has 0 bridgehead atoms. The Bertz CT molecular complexity index is 1420. The van der Waals surface area contributed by atoms with Crippen LogP contribution in [0, 0.1) is 5.82 Å². The number of esters is 1. The number of rotatable bonds is 8. The Hall–Kier alpha value is -3.92. The third-order valence-electron chi connectivity index (χ3n) is 4.91. The lowest BCUT2D eigenvalue weighted by Crippen LogP contribution is -2.17. The maximum atomic E-state index is 13.8. The first-order valence-electron chi connectivity index (χ1n) is 10.7. The van der Waals surface area contributed by atoms with Crippen molar-refractivity contribution in [2.45, 2.75) is 32.8 Å². The average Bonchev–Trinajstić information content (AvgIpc) is 3.25. The van der Waals surface area contributed by atoms with Gasteiger partial charge in [0.1, 0.15) is 17.4 Å². The number of hydrogen-bond donors (Lipinski definition) is 1. The molecule has 0 saturated carbocycles. The highest BCUT2D eigenvalue weighted by molar-refractivity contribution is 7.16. The maximum Gasteiger partial charge on any atom is 0.338 e. The van der Waals surface area contributed by atoms with E-state index in [1.807, 2.05) is 0 Å². The molecule has 1 amide bonds. The number of amides is 1. The van der Waals surface area contributed by atoms with E-state index in [0.717, 1.165) is 24.3 Å². The SMILES string of the molecule is CCCCc1nn2c(=O)cc(COC(=O)c3cccc(NC(=O)c4ccccc4F)c3)nc2s1. The van der Waals surface area contributed by atoms with Crippen LogP contribution in [0.1, 0.15) is 51.2 Å². The lowest BCUT2D eigenvalue weighted by Gasteiger charge is -2.08. The zero-order valence-corrected chi connectivity index (χ0v) is 19.1. The number of benzene rings is 2. The van der Waals surface area contributed by atoms with Gasteiger partial charge in [0.05, 0.1) is 16.8 Å². The molecule has 2 aromatic carbocycles. The first kappa shape index (κ1) is 23.2. The van der Waals surface area contributed by atoms with E-state index >= 15 is 0 Å². The Morgan fingerprint density at radius 1 is 1.15 bits per heavy atom. The van der Waals surface area contributed by atoms with Gasteiger partial charge >= 0.3 is 5.97 Å². The van der Waals surface area contributed by atoms with Crippen molar-refractivity contribution in [3.8, 4) is 0 Å². The first-order chi connectivity index (χ1) is 16.4. The van der Waals surface area contributed by atoms with E-state index in [4.69, 9.17) is 4.74 Å². The molecule has 4 aromatic rings. The van der Waals surface area contributed by atoms with Crippen LogP contribution >= 0.6 is 11.3 Å². The van der Waals surface area contributed by atoms with Crippen molar-refractivity contribution in [3.05, 3.63) is 92.6 Å². The summed E-state index contributed by atoms with van der Waals surface area (Å²) in [4.78, 5) is 42.0. The second-order valence-electron chi connectivity index (χ2n) is 7.47. The number of aromatic nitrogens is 3. The molecule has 4 rings (SSSR count).